The van der Waals surface area contributed by atoms with Crippen LogP contribution in [0.4, 0.5) is 0 Å². The van der Waals surface area contributed by atoms with Crippen molar-refractivity contribution in [2.45, 2.75) is 38.2 Å². The van der Waals surface area contributed by atoms with Gasteiger partial charge >= 0.3 is 5.97 Å². The van der Waals surface area contributed by atoms with E-state index in [2.05, 4.69) is 0 Å². The SMILES string of the molecule is COC(CCCCCc1ccc(Cl)cc1)C(=O)O. The molecule has 1 rings (SSSR count). The minimum absolute atomic E-state index is 0.576. The van der Waals surface area contributed by atoms with E-state index in [9.17, 15) is 4.79 Å². The Morgan fingerprint density at radius 3 is 2.50 bits per heavy atom. The summed E-state index contributed by atoms with van der Waals surface area (Å²) in [4.78, 5) is 10.7. The Morgan fingerprint density at radius 2 is 1.94 bits per heavy atom. The molecule has 0 aliphatic rings. The molecule has 0 fully saturated rings. The monoisotopic (exact) mass is 270 g/mol. The highest BCUT2D eigenvalue weighted by molar-refractivity contribution is 6.30. The molecular formula is C14H19ClO3. The third-order valence-corrected chi connectivity index (χ3v) is 3.16. The van der Waals surface area contributed by atoms with Crippen LogP contribution in [0.3, 0.4) is 0 Å². The van der Waals surface area contributed by atoms with Crippen LogP contribution in [0.1, 0.15) is 31.2 Å². The second kappa shape index (κ2) is 8.11. The smallest absolute Gasteiger partial charge is 0.332 e. The summed E-state index contributed by atoms with van der Waals surface area (Å²) in [6, 6.07) is 7.83. The molecule has 0 saturated heterocycles. The molecule has 3 nitrogen and oxygen atoms in total. The van der Waals surface area contributed by atoms with Crippen molar-refractivity contribution < 1.29 is 14.6 Å². The van der Waals surface area contributed by atoms with Gasteiger partial charge in [-0.25, -0.2) is 4.79 Å². The van der Waals surface area contributed by atoms with Gasteiger partial charge in [-0.1, -0.05) is 36.6 Å². The summed E-state index contributed by atoms with van der Waals surface area (Å²) in [5.41, 5.74) is 1.26. The fourth-order valence-electron chi connectivity index (χ4n) is 1.83. The van der Waals surface area contributed by atoms with Crippen LogP contribution >= 0.6 is 11.6 Å². The molecule has 1 aromatic rings. The summed E-state index contributed by atoms with van der Waals surface area (Å²) >= 11 is 5.81. The molecular weight excluding hydrogens is 252 g/mol. The Labute approximate surface area is 113 Å². The first kappa shape index (κ1) is 15.0. The van der Waals surface area contributed by atoms with E-state index in [0.29, 0.717) is 6.42 Å². The van der Waals surface area contributed by atoms with Crippen LogP contribution in [0.5, 0.6) is 0 Å². The molecule has 0 amide bonds. The molecule has 0 heterocycles. The predicted molar refractivity (Wildman–Crippen MR) is 72.1 cm³/mol. The molecule has 0 bridgehead atoms. The van der Waals surface area contributed by atoms with E-state index >= 15 is 0 Å². The number of carboxylic acids is 1. The Bertz CT molecular complexity index is 362. The minimum Gasteiger partial charge on any atom is -0.479 e. The van der Waals surface area contributed by atoms with Crippen molar-refractivity contribution >= 4 is 17.6 Å². The molecule has 100 valence electrons. The van der Waals surface area contributed by atoms with E-state index in [4.69, 9.17) is 21.4 Å². The lowest BCUT2D eigenvalue weighted by molar-refractivity contribution is -0.148. The molecule has 1 atom stereocenters. The number of halogens is 1. The number of rotatable bonds is 8. The van der Waals surface area contributed by atoms with Gasteiger partial charge in [0.1, 0.15) is 0 Å². The van der Waals surface area contributed by atoms with E-state index in [-0.39, 0.29) is 0 Å². The number of carboxylic acid groups (broad SMARTS) is 1. The maximum absolute atomic E-state index is 10.7. The molecule has 0 saturated carbocycles. The number of aryl methyl sites for hydroxylation is 1. The number of ether oxygens (including phenoxy) is 1. The van der Waals surface area contributed by atoms with Crippen LogP contribution in [-0.4, -0.2) is 24.3 Å². The lowest BCUT2D eigenvalue weighted by atomic mass is 10.0. The van der Waals surface area contributed by atoms with E-state index in [1.165, 1.54) is 12.7 Å². The second-order valence-electron chi connectivity index (χ2n) is 4.29. The third kappa shape index (κ3) is 5.52. The molecule has 18 heavy (non-hydrogen) atoms. The maximum atomic E-state index is 10.7. The van der Waals surface area contributed by atoms with Gasteiger partial charge < -0.3 is 9.84 Å². The van der Waals surface area contributed by atoms with Gasteiger partial charge in [0.25, 0.3) is 0 Å². The van der Waals surface area contributed by atoms with Gasteiger partial charge in [-0.05, 0) is 37.0 Å². The standard InChI is InChI=1S/C14H19ClO3/c1-18-13(14(16)17)6-4-2-3-5-11-7-9-12(15)10-8-11/h7-10,13H,2-6H2,1H3,(H,16,17). The van der Waals surface area contributed by atoms with Gasteiger partial charge in [-0.2, -0.15) is 0 Å². The largest absolute Gasteiger partial charge is 0.479 e. The van der Waals surface area contributed by atoms with Crippen molar-refractivity contribution in [1.29, 1.82) is 0 Å². The molecule has 0 aromatic heterocycles. The summed E-state index contributed by atoms with van der Waals surface area (Å²) in [7, 11) is 1.44. The van der Waals surface area contributed by atoms with E-state index in [1.807, 2.05) is 24.3 Å². The Kier molecular flexibility index (Phi) is 6.76. The van der Waals surface area contributed by atoms with E-state index < -0.39 is 12.1 Å². The number of methoxy groups -OCH3 is 1. The second-order valence-corrected chi connectivity index (χ2v) is 4.72. The van der Waals surface area contributed by atoms with E-state index in [0.717, 1.165) is 30.7 Å². The highest BCUT2D eigenvalue weighted by atomic mass is 35.5. The number of benzene rings is 1. The molecule has 4 heteroatoms. The van der Waals surface area contributed by atoms with Crippen molar-refractivity contribution in [2.75, 3.05) is 7.11 Å². The zero-order valence-corrected chi connectivity index (χ0v) is 11.3. The van der Waals surface area contributed by atoms with Gasteiger partial charge in [-0.3, -0.25) is 0 Å². The normalized spacial score (nSPS) is 12.3. The fraction of sp³-hybridized carbons (Fsp3) is 0.500. The molecule has 1 unspecified atom stereocenters. The van der Waals surface area contributed by atoms with Crippen molar-refractivity contribution in [1.82, 2.24) is 0 Å². The van der Waals surface area contributed by atoms with Crippen LogP contribution in [0.25, 0.3) is 0 Å². The minimum atomic E-state index is -0.879. The highest BCUT2D eigenvalue weighted by Gasteiger charge is 2.14. The van der Waals surface area contributed by atoms with Crippen LogP contribution in [0.15, 0.2) is 24.3 Å². The predicted octanol–water partition coefficient (Wildman–Crippen LogP) is 3.54. The number of aliphatic carboxylic acids is 1. The Morgan fingerprint density at radius 1 is 1.28 bits per heavy atom. The Balaban J connectivity index is 2.15. The lowest BCUT2D eigenvalue weighted by Gasteiger charge is -2.09. The van der Waals surface area contributed by atoms with Crippen LogP contribution in [0.2, 0.25) is 5.02 Å². The van der Waals surface area contributed by atoms with Crippen molar-refractivity contribution in [3.8, 4) is 0 Å². The van der Waals surface area contributed by atoms with Crippen molar-refractivity contribution in [3.63, 3.8) is 0 Å². The van der Waals surface area contributed by atoms with Crippen LogP contribution < -0.4 is 0 Å². The number of carbonyl (C=O) groups is 1. The third-order valence-electron chi connectivity index (χ3n) is 2.90. The summed E-state index contributed by atoms with van der Waals surface area (Å²) in [5.74, 6) is -0.879. The zero-order chi connectivity index (χ0) is 13.4. The number of unbranched alkanes of at least 4 members (excludes halogenated alkanes) is 2. The van der Waals surface area contributed by atoms with Crippen molar-refractivity contribution in [2.24, 2.45) is 0 Å². The quantitative estimate of drug-likeness (QED) is 0.735. The highest BCUT2D eigenvalue weighted by Crippen LogP contribution is 2.13. The molecule has 0 radical (unpaired) electrons. The number of hydrogen-bond acceptors (Lipinski definition) is 2. The molecule has 1 aromatic carbocycles. The molecule has 0 aliphatic carbocycles. The van der Waals surface area contributed by atoms with Gasteiger partial charge in [-0.15, -0.1) is 0 Å². The average Bonchev–Trinajstić information content (AvgIpc) is 2.35. The summed E-state index contributed by atoms with van der Waals surface area (Å²) < 4.78 is 4.88. The fourth-order valence-corrected chi connectivity index (χ4v) is 1.95. The average molecular weight is 271 g/mol. The van der Waals surface area contributed by atoms with E-state index in [1.54, 1.807) is 0 Å². The summed E-state index contributed by atoms with van der Waals surface area (Å²) in [5, 5.41) is 9.55. The first-order chi connectivity index (χ1) is 8.63. The maximum Gasteiger partial charge on any atom is 0.332 e. The summed E-state index contributed by atoms with van der Waals surface area (Å²) in [6.45, 7) is 0. The van der Waals surface area contributed by atoms with Crippen LogP contribution in [0, 0.1) is 0 Å². The first-order valence-corrected chi connectivity index (χ1v) is 6.51. The molecule has 1 N–H and O–H groups in total. The van der Waals surface area contributed by atoms with Gasteiger partial charge in [0.2, 0.25) is 0 Å². The van der Waals surface area contributed by atoms with Gasteiger partial charge in [0.15, 0.2) is 6.10 Å². The van der Waals surface area contributed by atoms with Crippen molar-refractivity contribution in [3.05, 3.63) is 34.9 Å². The van der Waals surface area contributed by atoms with Gasteiger partial charge in [0.05, 0.1) is 0 Å². The molecule has 0 aliphatic heterocycles. The Hall–Kier alpha value is -1.06. The first-order valence-electron chi connectivity index (χ1n) is 6.13. The summed E-state index contributed by atoms with van der Waals surface area (Å²) in [6.07, 6.45) is 3.85. The number of hydrogen-bond donors (Lipinski definition) is 1. The van der Waals surface area contributed by atoms with Gasteiger partial charge in [0, 0.05) is 12.1 Å². The van der Waals surface area contributed by atoms with Crippen LogP contribution in [-0.2, 0) is 16.0 Å². The lowest BCUT2D eigenvalue weighted by Crippen LogP contribution is -2.21. The molecule has 0 spiro atoms. The zero-order valence-electron chi connectivity index (χ0n) is 10.6. The topological polar surface area (TPSA) is 46.5 Å².